The molecule has 0 bridgehead atoms. The highest BCUT2D eigenvalue weighted by Gasteiger charge is 2.35. The summed E-state index contributed by atoms with van der Waals surface area (Å²) in [5.41, 5.74) is 1.41. The van der Waals surface area contributed by atoms with E-state index in [-0.39, 0.29) is 35.6 Å². The normalized spacial score (nSPS) is 19.7. The summed E-state index contributed by atoms with van der Waals surface area (Å²) in [5, 5.41) is 11.1. The van der Waals surface area contributed by atoms with E-state index in [0.29, 0.717) is 31.8 Å². The van der Waals surface area contributed by atoms with Crippen LogP contribution in [0.5, 0.6) is 0 Å². The number of likely N-dealkylation sites (tertiary alicyclic amines) is 1. The maximum Gasteiger partial charge on any atom is 0.409 e. The Morgan fingerprint density at radius 1 is 1.22 bits per heavy atom. The largest absolute Gasteiger partial charge is 0.450 e. The van der Waals surface area contributed by atoms with Crippen LogP contribution in [0.2, 0.25) is 0 Å². The van der Waals surface area contributed by atoms with E-state index in [9.17, 15) is 4.79 Å². The van der Waals surface area contributed by atoms with Crippen molar-refractivity contribution < 1.29 is 9.53 Å². The first kappa shape index (κ1) is 26.7. The Morgan fingerprint density at radius 2 is 1.88 bits per heavy atom. The van der Waals surface area contributed by atoms with E-state index in [4.69, 9.17) is 4.74 Å². The summed E-state index contributed by atoms with van der Waals surface area (Å²) in [6.45, 7) is 6.80. The molecule has 1 aromatic rings. The molecule has 1 aromatic carbocycles. The van der Waals surface area contributed by atoms with Gasteiger partial charge < -0.3 is 25.6 Å². The van der Waals surface area contributed by atoms with E-state index in [1.807, 2.05) is 14.0 Å². The molecule has 1 atom stereocenters. The Hall–Kier alpha value is -1.55. The van der Waals surface area contributed by atoms with Crippen LogP contribution in [0.15, 0.2) is 35.3 Å². The number of benzene rings is 1. The van der Waals surface area contributed by atoms with Gasteiger partial charge in [-0.15, -0.1) is 24.0 Å². The second kappa shape index (κ2) is 13.2. The van der Waals surface area contributed by atoms with Crippen molar-refractivity contribution in [3.63, 3.8) is 0 Å². The standard InChI is InChI=1S/C24H39N5O2.HI/c1-4-31-23(30)29-16-12-21(13-17-29)27-22(25-3)26-18-24(14-8-9-15-24)28-19(2)20-10-6-5-7-11-20;/h5-7,10-11,19,21,28H,4,8-9,12-18H2,1-3H3,(H2,25,26,27);1H. The van der Waals surface area contributed by atoms with E-state index >= 15 is 0 Å². The van der Waals surface area contributed by atoms with E-state index < -0.39 is 0 Å². The molecule has 0 aromatic heterocycles. The molecule has 32 heavy (non-hydrogen) atoms. The van der Waals surface area contributed by atoms with Crippen molar-refractivity contribution in [1.82, 2.24) is 20.9 Å². The fraction of sp³-hybridized carbons (Fsp3) is 0.667. The van der Waals surface area contributed by atoms with E-state index in [1.54, 1.807) is 4.90 Å². The molecule has 1 heterocycles. The van der Waals surface area contributed by atoms with Gasteiger partial charge in [0, 0.05) is 44.3 Å². The zero-order valence-corrected chi connectivity index (χ0v) is 22.1. The number of nitrogens with one attached hydrogen (secondary N) is 3. The third-order valence-corrected chi connectivity index (χ3v) is 6.56. The van der Waals surface area contributed by atoms with Gasteiger partial charge in [0.15, 0.2) is 5.96 Å². The highest BCUT2D eigenvalue weighted by molar-refractivity contribution is 14.0. The van der Waals surface area contributed by atoms with Crippen LogP contribution in [-0.4, -0.2) is 61.8 Å². The van der Waals surface area contributed by atoms with Gasteiger partial charge in [-0.05, 0) is 45.1 Å². The predicted molar refractivity (Wildman–Crippen MR) is 141 cm³/mol. The SMILES string of the molecule is CCOC(=O)N1CCC(NC(=NC)NCC2(NC(C)c3ccccc3)CCCC2)CC1.I. The van der Waals surface area contributed by atoms with Gasteiger partial charge in [-0.3, -0.25) is 4.99 Å². The molecule has 2 fully saturated rings. The third-order valence-electron chi connectivity index (χ3n) is 6.56. The number of carbonyl (C=O) groups is 1. The molecule has 0 radical (unpaired) electrons. The summed E-state index contributed by atoms with van der Waals surface area (Å²) >= 11 is 0. The first-order valence-electron chi connectivity index (χ1n) is 11.8. The number of carbonyl (C=O) groups excluding carboxylic acids is 1. The molecule has 0 spiro atoms. The molecule has 8 heteroatoms. The number of nitrogens with zero attached hydrogens (tertiary/aromatic N) is 2. The molecule has 1 aliphatic carbocycles. The molecule has 1 amide bonds. The molecule has 1 saturated heterocycles. The number of rotatable bonds is 7. The van der Waals surface area contributed by atoms with E-state index in [1.165, 1.54) is 31.2 Å². The lowest BCUT2D eigenvalue weighted by molar-refractivity contribution is 0.0963. The fourth-order valence-corrected chi connectivity index (χ4v) is 4.77. The number of hydrogen-bond donors (Lipinski definition) is 3. The van der Waals surface area contributed by atoms with Crippen LogP contribution < -0.4 is 16.0 Å². The number of hydrogen-bond acceptors (Lipinski definition) is 4. The van der Waals surface area contributed by atoms with Gasteiger partial charge in [0.25, 0.3) is 0 Å². The van der Waals surface area contributed by atoms with Crippen molar-refractivity contribution in [2.24, 2.45) is 4.99 Å². The Kier molecular flexibility index (Phi) is 11.0. The van der Waals surface area contributed by atoms with Crippen molar-refractivity contribution in [3.8, 4) is 0 Å². The number of ether oxygens (including phenoxy) is 1. The highest BCUT2D eigenvalue weighted by atomic mass is 127. The van der Waals surface area contributed by atoms with Gasteiger partial charge in [0.2, 0.25) is 0 Å². The van der Waals surface area contributed by atoms with Crippen LogP contribution in [0.1, 0.15) is 64.0 Å². The minimum atomic E-state index is -0.203. The summed E-state index contributed by atoms with van der Waals surface area (Å²) in [4.78, 5) is 18.1. The topological polar surface area (TPSA) is 78.0 Å². The average Bonchev–Trinajstić information content (AvgIpc) is 3.26. The lowest BCUT2D eigenvalue weighted by atomic mass is 9.94. The second-order valence-electron chi connectivity index (χ2n) is 8.79. The van der Waals surface area contributed by atoms with E-state index in [2.05, 4.69) is 58.2 Å². The van der Waals surface area contributed by atoms with Crippen molar-refractivity contribution in [3.05, 3.63) is 35.9 Å². The Balaban J connectivity index is 0.00000363. The molecule has 1 unspecified atom stereocenters. The van der Waals surface area contributed by atoms with Crippen LogP contribution in [0.3, 0.4) is 0 Å². The Bertz CT molecular complexity index is 716. The lowest BCUT2D eigenvalue weighted by Gasteiger charge is -2.36. The maximum absolute atomic E-state index is 11.9. The smallest absolute Gasteiger partial charge is 0.409 e. The number of halogens is 1. The van der Waals surface area contributed by atoms with Crippen molar-refractivity contribution in [2.45, 2.75) is 70.0 Å². The Morgan fingerprint density at radius 3 is 2.47 bits per heavy atom. The molecule has 1 saturated carbocycles. The van der Waals surface area contributed by atoms with Crippen LogP contribution in [0.25, 0.3) is 0 Å². The van der Waals surface area contributed by atoms with Crippen LogP contribution >= 0.6 is 24.0 Å². The van der Waals surface area contributed by atoms with E-state index in [0.717, 1.165) is 25.3 Å². The van der Waals surface area contributed by atoms with Crippen molar-refractivity contribution >= 4 is 36.0 Å². The molecule has 180 valence electrons. The highest BCUT2D eigenvalue weighted by Crippen LogP contribution is 2.31. The zero-order chi connectivity index (χ0) is 22.1. The molecular weight excluding hydrogens is 517 g/mol. The first-order valence-corrected chi connectivity index (χ1v) is 11.8. The molecule has 7 nitrogen and oxygen atoms in total. The summed E-state index contributed by atoms with van der Waals surface area (Å²) in [7, 11) is 1.82. The van der Waals surface area contributed by atoms with Crippen LogP contribution in [0, 0.1) is 0 Å². The Labute approximate surface area is 210 Å². The monoisotopic (exact) mass is 557 g/mol. The molecular formula is C24H40IN5O2. The van der Waals surface area contributed by atoms with Gasteiger partial charge in [-0.2, -0.15) is 0 Å². The number of guanidine groups is 1. The summed E-state index contributed by atoms with van der Waals surface area (Å²) in [6, 6.07) is 11.3. The van der Waals surface area contributed by atoms with Gasteiger partial charge in [0.05, 0.1) is 6.61 Å². The van der Waals surface area contributed by atoms with Gasteiger partial charge >= 0.3 is 6.09 Å². The van der Waals surface area contributed by atoms with Gasteiger partial charge in [-0.25, -0.2) is 4.79 Å². The second-order valence-corrected chi connectivity index (χ2v) is 8.79. The molecule has 3 N–H and O–H groups in total. The van der Waals surface area contributed by atoms with Gasteiger partial charge in [-0.1, -0.05) is 43.2 Å². The summed E-state index contributed by atoms with van der Waals surface area (Å²) in [6.07, 6.45) is 6.45. The van der Waals surface area contributed by atoms with Crippen molar-refractivity contribution in [1.29, 1.82) is 0 Å². The lowest BCUT2D eigenvalue weighted by Crippen LogP contribution is -2.56. The zero-order valence-electron chi connectivity index (χ0n) is 19.7. The summed E-state index contributed by atoms with van der Waals surface area (Å²) < 4.78 is 5.11. The number of aliphatic imine (C=N–C) groups is 1. The molecule has 1 aliphatic heterocycles. The minimum Gasteiger partial charge on any atom is -0.450 e. The van der Waals surface area contributed by atoms with Gasteiger partial charge in [0.1, 0.15) is 0 Å². The van der Waals surface area contributed by atoms with Crippen LogP contribution in [0.4, 0.5) is 4.79 Å². The minimum absolute atomic E-state index is 0. The number of amides is 1. The average molecular weight is 558 g/mol. The predicted octanol–water partition coefficient (Wildman–Crippen LogP) is 4.05. The first-order chi connectivity index (χ1) is 15.0. The quantitative estimate of drug-likeness (QED) is 0.268. The van der Waals surface area contributed by atoms with Crippen LogP contribution in [-0.2, 0) is 4.74 Å². The molecule has 2 aliphatic rings. The van der Waals surface area contributed by atoms with Crippen molar-refractivity contribution in [2.75, 3.05) is 33.3 Å². The third kappa shape index (κ3) is 7.50. The fourth-order valence-electron chi connectivity index (χ4n) is 4.77. The number of piperidine rings is 1. The summed E-state index contributed by atoms with van der Waals surface area (Å²) in [5.74, 6) is 0.843. The molecule has 3 rings (SSSR count). The maximum atomic E-state index is 11.9.